The van der Waals surface area contributed by atoms with Crippen LogP contribution in [0.4, 0.5) is 5.69 Å². The van der Waals surface area contributed by atoms with Crippen molar-refractivity contribution in [3.05, 3.63) is 53.0 Å². The van der Waals surface area contributed by atoms with E-state index in [1.807, 2.05) is 32.0 Å². The fourth-order valence-corrected chi connectivity index (χ4v) is 2.04. The molecule has 0 radical (unpaired) electrons. The molecule has 3 heteroatoms. The number of anilines is 1. The molecule has 0 spiro atoms. The molecule has 96 valence electrons. The first-order valence-corrected chi connectivity index (χ1v) is 6.13. The lowest BCUT2D eigenvalue weighted by molar-refractivity contribution is 0.285. The summed E-state index contributed by atoms with van der Waals surface area (Å²) in [4.78, 5) is 2.23. The Labute approximate surface area is 108 Å². The SMILES string of the molecule is Cc1ccc(CN(C)Cc2ccc(N)c(C)c2)o1. The first-order chi connectivity index (χ1) is 8.54. The second-order valence-corrected chi connectivity index (χ2v) is 4.88. The molecule has 0 fully saturated rings. The fraction of sp³-hybridized carbons (Fsp3) is 0.333. The van der Waals surface area contributed by atoms with Crippen molar-refractivity contribution >= 4 is 5.69 Å². The summed E-state index contributed by atoms with van der Waals surface area (Å²) < 4.78 is 5.57. The van der Waals surface area contributed by atoms with Crippen LogP contribution < -0.4 is 5.73 Å². The summed E-state index contributed by atoms with van der Waals surface area (Å²) in [7, 11) is 2.09. The van der Waals surface area contributed by atoms with E-state index in [1.54, 1.807) is 0 Å². The fourth-order valence-electron chi connectivity index (χ4n) is 2.04. The molecule has 0 atom stereocenters. The highest BCUT2D eigenvalue weighted by Crippen LogP contribution is 2.15. The van der Waals surface area contributed by atoms with Gasteiger partial charge in [0.2, 0.25) is 0 Å². The molecule has 2 rings (SSSR count). The van der Waals surface area contributed by atoms with Gasteiger partial charge in [-0.25, -0.2) is 0 Å². The summed E-state index contributed by atoms with van der Waals surface area (Å²) in [5.41, 5.74) is 9.07. The van der Waals surface area contributed by atoms with Crippen molar-refractivity contribution in [2.75, 3.05) is 12.8 Å². The zero-order valence-electron chi connectivity index (χ0n) is 11.2. The number of hydrogen-bond donors (Lipinski definition) is 1. The zero-order valence-corrected chi connectivity index (χ0v) is 11.2. The Kier molecular flexibility index (Phi) is 3.72. The Hall–Kier alpha value is -1.74. The van der Waals surface area contributed by atoms with Crippen molar-refractivity contribution in [1.82, 2.24) is 4.90 Å². The molecule has 0 aliphatic carbocycles. The molecule has 0 saturated heterocycles. The monoisotopic (exact) mass is 244 g/mol. The van der Waals surface area contributed by atoms with Crippen LogP contribution >= 0.6 is 0 Å². The molecule has 1 heterocycles. The molecule has 1 aromatic heterocycles. The van der Waals surface area contributed by atoms with Gasteiger partial charge in [-0.3, -0.25) is 4.90 Å². The second kappa shape index (κ2) is 5.27. The third-order valence-electron chi connectivity index (χ3n) is 3.01. The minimum atomic E-state index is 0.817. The third-order valence-corrected chi connectivity index (χ3v) is 3.01. The Morgan fingerprint density at radius 3 is 2.50 bits per heavy atom. The van der Waals surface area contributed by atoms with Gasteiger partial charge in [-0.2, -0.15) is 0 Å². The lowest BCUT2D eigenvalue weighted by atomic mass is 10.1. The van der Waals surface area contributed by atoms with E-state index in [0.29, 0.717) is 0 Å². The van der Waals surface area contributed by atoms with Crippen LogP contribution in [0.3, 0.4) is 0 Å². The molecule has 18 heavy (non-hydrogen) atoms. The number of hydrogen-bond acceptors (Lipinski definition) is 3. The summed E-state index contributed by atoms with van der Waals surface area (Å²) >= 11 is 0. The molecule has 0 saturated carbocycles. The maximum atomic E-state index is 5.82. The lowest BCUT2D eigenvalue weighted by Crippen LogP contribution is -2.17. The molecule has 0 bridgehead atoms. The Bertz CT molecular complexity index is 531. The van der Waals surface area contributed by atoms with Crippen LogP contribution in [0.1, 0.15) is 22.6 Å². The van der Waals surface area contributed by atoms with Gasteiger partial charge in [0.05, 0.1) is 6.54 Å². The van der Waals surface area contributed by atoms with E-state index in [9.17, 15) is 0 Å². The molecule has 0 amide bonds. The van der Waals surface area contributed by atoms with Crippen molar-refractivity contribution in [1.29, 1.82) is 0 Å². The maximum Gasteiger partial charge on any atom is 0.118 e. The van der Waals surface area contributed by atoms with Crippen LogP contribution in [0.15, 0.2) is 34.7 Å². The van der Waals surface area contributed by atoms with Crippen LogP contribution in [0.25, 0.3) is 0 Å². The van der Waals surface area contributed by atoms with E-state index in [-0.39, 0.29) is 0 Å². The second-order valence-electron chi connectivity index (χ2n) is 4.88. The number of rotatable bonds is 4. The normalized spacial score (nSPS) is 11.1. The van der Waals surface area contributed by atoms with Crippen molar-refractivity contribution < 1.29 is 4.42 Å². The number of benzene rings is 1. The van der Waals surface area contributed by atoms with Gasteiger partial charge < -0.3 is 10.2 Å². The summed E-state index contributed by atoms with van der Waals surface area (Å²) in [5, 5.41) is 0. The molecular weight excluding hydrogens is 224 g/mol. The molecule has 1 aromatic carbocycles. The summed E-state index contributed by atoms with van der Waals surface area (Å²) in [6, 6.07) is 10.2. The number of nitrogens with zero attached hydrogens (tertiary/aromatic N) is 1. The van der Waals surface area contributed by atoms with Crippen LogP contribution in [-0.4, -0.2) is 11.9 Å². The predicted octanol–water partition coefficient (Wildman–Crippen LogP) is 3.11. The Morgan fingerprint density at radius 1 is 1.11 bits per heavy atom. The number of furan rings is 1. The van der Waals surface area contributed by atoms with Gasteiger partial charge in [0.25, 0.3) is 0 Å². The average Bonchev–Trinajstić information content (AvgIpc) is 2.69. The molecular formula is C15H20N2O. The van der Waals surface area contributed by atoms with Crippen molar-refractivity contribution in [3.63, 3.8) is 0 Å². The summed E-state index contributed by atoms with van der Waals surface area (Å²) in [6.07, 6.45) is 0. The Morgan fingerprint density at radius 2 is 1.89 bits per heavy atom. The first-order valence-electron chi connectivity index (χ1n) is 6.13. The van der Waals surface area contributed by atoms with Crippen molar-refractivity contribution in [2.45, 2.75) is 26.9 Å². The standard InChI is InChI=1S/C15H20N2O/c1-11-8-13(5-7-15(11)16)9-17(3)10-14-6-4-12(2)18-14/h4-8H,9-10,16H2,1-3H3. The van der Waals surface area contributed by atoms with E-state index in [0.717, 1.165) is 35.9 Å². The van der Waals surface area contributed by atoms with Crippen LogP contribution in [0, 0.1) is 13.8 Å². The van der Waals surface area contributed by atoms with Gasteiger partial charge in [0, 0.05) is 12.2 Å². The van der Waals surface area contributed by atoms with E-state index < -0.39 is 0 Å². The van der Waals surface area contributed by atoms with Crippen LogP contribution in [0.5, 0.6) is 0 Å². The van der Waals surface area contributed by atoms with E-state index >= 15 is 0 Å². The quantitative estimate of drug-likeness (QED) is 0.840. The highest BCUT2D eigenvalue weighted by Gasteiger charge is 2.05. The van der Waals surface area contributed by atoms with Gasteiger partial charge in [0.1, 0.15) is 11.5 Å². The Balaban J connectivity index is 1.98. The number of nitrogen functional groups attached to an aromatic ring is 1. The number of aryl methyl sites for hydroxylation is 2. The van der Waals surface area contributed by atoms with Crippen LogP contribution in [-0.2, 0) is 13.1 Å². The maximum absolute atomic E-state index is 5.82. The minimum Gasteiger partial charge on any atom is -0.465 e. The van der Waals surface area contributed by atoms with Crippen molar-refractivity contribution in [2.24, 2.45) is 0 Å². The molecule has 0 unspecified atom stereocenters. The minimum absolute atomic E-state index is 0.817. The van der Waals surface area contributed by atoms with E-state index in [2.05, 4.69) is 24.1 Å². The summed E-state index contributed by atoms with van der Waals surface area (Å²) in [5.74, 6) is 1.96. The molecule has 3 nitrogen and oxygen atoms in total. The largest absolute Gasteiger partial charge is 0.465 e. The predicted molar refractivity (Wildman–Crippen MR) is 74.2 cm³/mol. The first kappa shape index (κ1) is 12.7. The molecule has 2 N–H and O–H groups in total. The van der Waals surface area contributed by atoms with Gasteiger partial charge in [-0.15, -0.1) is 0 Å². The highest BCUT2D eigenvalue weighted by atomic mass is 16.3. The van der Waals surface area contributed by atoms with Gasteiger partial charge in [-0.05, 0) is 50.2 Å². The van der Waals surface area contributed by atoms with E-state index in [1.165, 1.54) is 5.56 Å². The summed E-state index contributed by atoms with van der Waals surface area (Å²) in [6.45, 7) is 5.71. The number of nitrogens with two attached hydrogens (primary N) is 1. The van der Waals surface area contributed by atoms with Gasteiger partial charge in [-0.1, -0.05) is 12.1 Å². The zero-order chi connectivity index (χ0) is 13.1. The highest BCUT2D eigenvalue weighted by molar-refractivity contribution is 5.47. The average molecular weight is 244 g/mol. The smallest absolute Gasteiger partial charge is 0.118 e. The molecule has 0 aliphatic heterocycles. The van der Waals surface area contributed by atoms with Gasteiger partial charge >= 0.3 is 0 Å². The van der Waals surface area contributed by atoms with Crippen molar-refractivity contribution in [3.8, 4) is 0 Å². The molecule has 2 aromatic rings. The van der Waals surface area contributed by atoms with E-state index in [4.69, 9.17) is 10.2 Å². The topological polar surface area (TPSA) is 42.4 Å². The van der Waals surface area contributed by atoms with Crippen LogP contribution in [0.2, 0.25) is 0 Å². The lowest BCUT2D eigenvalue weighted by Gasteiger charge is -2.16. The third kappa shape index (κ3) is 3.14. The van der Waals surface area contributed by atoms with Gasteiger partial charge in [0.15, 0.2) is 0 Å². The molecule has 0 aliphatic rings.